The number of hydrogen-bond donors (Lipinski definition) is 0. The topological polar surface area (TPSA) is 104 Å². The van der Waals surface area contributed by atoms with Crippen LogP contribution in [0.3, 0.4) is 0 Å². The zero-order chi connectivity index (χ0) is 28.3. The third-order valence-corrected chi connectivity index (χ3v) is 5.95. The van der Waals surface area contributed by atoms with Crippen LogP contribution in [0.2, 0.25) is 0 Å². The summed E-state index contributed by atoms with van der Waals surface area (Å²) < 4.78 is 23.4. The molecule has 0 amide bonds. The van der Waals surface area contributed by atoms with Crippen molar-refractivity contribution < 1.29 is 23.9 Å². The number of nitriles is 1. The summed E-state index contributed by atoms with van der Waals surface area (Å²) in [6.07, 6.45) is 1.69. The molecule has 40 heavy (non-hydrogen) atoms. The van der Waals surface area contributed by atoms with Crippen molar-refractivity contribution in [1.82, 2.24) is 0 Å². The minimum absolute atomic E-state index is 0.0352. The van der Waals surface area contributed by atoms with Crippen molar-refractivity contribution in [2.24, 2.45) is 0 Å². The van der Waals surface area contributed by atoms with Gasteiger partial charge in [-0.1, -0.05) is 42.5 Å². The lowest BCUT2D eigenvalue weighted by atomic mass is 10.0. The molecule has 0 unspecified atom stereocenters. The number of hydrogen-bond acceptors (Lipinski definition) is 7. The van der Waals surface area contributed by atoms with E-state index < -0.39 is 4.92 Å². The van der Waals surface area contributed by atoms with Crippen LogP contribution in [0.4, 0.5) is 5.69 Å². The first-order valence-electron chi connectivity index (χ1n) is 12.6. The summed E-state index contributed by atoms with van der Waals surface area (Å²) in [6, 6.07) is 29.0. The van der Waals surface area contributed by atoms with Gasteiger partial charge in [0.25, 0.3) is 5.69 Å². The zero-order valence-electron chi connectivity index (χ0n) is 22.2. The zero-order valence-corrected chi connectivity index (χ0v) is 22.2. The highest BCUT2D eigenvalue weighted by Crippen LogP contribution is 2.33. The number of benzene rings is 4. The second-order valence-electron chi connectivity index (χ2n) is 8.66. The smallest absolute Gasteiger partial charge is 0.269 e. The van der Waals surface area contributed by atoms with Gasteiger partial charge in [0.1, 0.15) is 13.2 Å². The van der Waals surface area contributed by atoms with Crippen LogP contribution in [-0.4, -0.2) is 18.6 Å². The van der Waals surface area contributed by atoms with Crippen LogP contribution in [0.5, 0.6) is 23.0 Å². The number of methoxy groups -OCH3 is 1. The summed E-state index contributed by atoms with van der Waals surface area (Å²) in [5, 5.41) is 20.6. The Bertz CT molecular complexity index is 1530. The van der Waals surface area contributed by atoms with Gasteiger partial charge in [-0.15, -0.1) is 0 Å². The van der Waals surface area contributed by atoms with Crippen LogP contribution in [0.15, 0.2) is 91.0 Å². The third-order valence-electron chi connectivity index (χ3n) is 5.95. The van der Waals surface area contributed by atoms with Crippen LogP contribution in [0, 0.1) is 21.4 Å². The fourth-order valence-electron chi connectivity index (χ4n) is 3.93. The maximum absolute atomic E-state index is 10.9. The highest BCUT2D eigenvalue weighted by atomic mass is 16.6. The Morgan fingerprint density at radius 2 is 1.50 bits per heavy atom. The molecule has 0 spiro atoms. The number of ether oxygens (including phenoxy) is 4. The van der Waals surface area contributed by atoms with Crippen molar-refractivity contribution in [1.29, 1.82) is 5.26 Å². The molecule has 4 rings (SSSR count). The van der Waals surface area contributed by atoms with Crippen molar-refractivity contribution in [3.8, 4) is 29.1 Å². The number of rotatable bonds is 12. The molecule has 0 saturated heterocycles. The Morgan fingerprint density at radius 3 is 2.15 bits per heavy atom. The summed E-state index contributed by atoms with van der Waals surface area (Å²) in [5.74, 6) is 2.34. The molecule has 0 aliphatic carbocycles. The van der Waals surface area contributed by atoms with Gasteiger partial charge in [-0.3, -0.25) is 10.1 Å². The Labute approximate surface area is 232 Å². The van der Waals surface area contributed by atoms with Crippen LogP contribution in [0.25, 0.3) is 11.6 Å². The van der Waals surface area contributed by atoms with Crippen molar-refractivity contribution in [3.63, 3.8) is 0 Å². The Hall–Kier alpha value is -5.29. The monoisotopic (exact) mass is 536 g/mol. The number of nitrogens with zero attached hydrogens (tertiary/aromatic N) is 2. The van der Waals surface area contributed by atoms with Crippen LogP contribution < -0.4 is 18.9 Å². The maximum atomic E-state index is 10.9. The van der Waals surface area contributed by atoms with E-state index in [0.717, 1.165) is 16.7 Å². The first kappa shape index (κ1) is 27.7. The molecule has 8 heteroatoms. The third kappa shape index (κ3) is 7.17. The van der Waals surface area contributed by atoms with Crippen LogP contribution in [-0.2, 0) is 13.2 Å². The predicted octanol–water partition coefficient (Wildman–Crippen LogP) is 7.22. The highest BCUT2D eigenvalue weighted by Gasteiger charge is 2.11. The van der Waals surface area contributed by atoms with Gasteiger partial charge in [0.2, 0.25) is 0 Å². The fraction of sp³-hybridized carbons (Fsp3) is 0.156. The maximum Gasteiger partial charge on any atom is 0.269 e. The van der Waals surface area contributed by atoms with E-state index in [9.17, 15) is 15.4 Å². The molecule has 4 aromatic carbocycles. The van der Waals surface area contributed by atoms with Crippen molar-refractivity contribution in [3.05, 3.63) is 123 Å². The van der Waals surface area contributed by atoms with E-state index in [2.05, 4.69) is 6.07 Å². The van der Waals surface area contributed by atoms with Gasteiger partial charge in [0.05, 0.1) is 30.3 Å². The Balaban J connectivity index is 1.46. The molecule has 0 aliphatic rings. The second-order valence-corrected chi connectivity index (χ2v) is 8.66. The van der Waals surface area contributed by atoms with E-state index in [0.29, 0.717) is 47.3 Å². The minimum Gasteiger partial charge on any atom is -0.493 e. The first-order valence-corrected chi connectivity index (χ1v) is 12.6. The normalized spacial score (nSPS) is 10.9. The number of nitro groups is 1. The molecule has 0 aliphatic heterocycles. The molecule has 0 N–H and O–H groups in total. The lowest BCUT2D eigenvalue weighted by molar-refractivity contribution is -0.384. The molecule has 0 heterocycles. The molecule has 0 atom stereocenters. The second kappa shape index (κ2) is 13.5. The Kier molecular flexibility index (Phi) is 9.35. The van der Waals surface area contributed by atoms with Crippen LogP contribution in [0.1, 0.15) is 29.2 Å². The van der Waals surface area contributed by atoms with Crippen LogP contribution >= 0.6 is 0 Å². The van der Waals surface area contributed by atoms with Gasteiger partial charge < -0.3 is 18.9 Å². The lowest BCUT2D eigenvalue weighted by Crippen LogP contribution is -2.02. The number of allylic oxidation sites excluding steroid dienone is 1. The van der Waals surface area contributed by atoms with E-state index in [-0.39, 0.29) is 12.3 Å². The minimum atomic E-state index is -0.477. The summed E-state index contributed by atoms with van der Waals surface area (Å²) in [7, 11) is 1.54. The van der Waals surface area contributed by atoms with Crippen molar-refractivity contribution >= 4 is 17.3 Å². The van der Waals surface area contributed by atoms with Crippen molar-refractivity contribution in [2.75, 3.05) is 13.7 Å². The van der Waals surface area contributed by atoms with E-state index >= 15 is 0 Å². The number of non-ortho nitro benzene ring substituents is 1. The molecule has 4 aromatic rings. The summed E-state index contributed by atoms with van der Waals surface area (Å²) in [6.45, 7) is 3.13. The van der Waals surface area contributed by atoms with Gasteiger partial charge in [0.15, 0.2) is 23.0 Å². The SMILES string of the molecule is CCOc1cc(COc2ccc(/C=C(\C#N)c3ccc([N+](=O)[O-])cc3)cc2OC)ccc1OCc1ccccc1. The quantitative estimate of drug-likeness (QED) is 0.0814. The van der Waals surface area contributed by atoms with Gasteiger partial charge in [0, 0.05) is 12.1 Å². The summed E-state index contributed by atoms with van der Waals surface area (Å²) >= 11 is 0. The lowest BCUT2D eigenvalue weighted by Gasteiger charge is -2.15. The molecule has 0 bridgehead atoms. The molecular weight excluding hydrogens is 508 g/mol. The average molecular weight is 537 g/mol. The molecule has 202 valence electrons. The van der Waals surface area contributed by atoms with E-state index in [1.807, 2.05) is 61.5 Å². The van der Waals surface area contributed by atoms with Gasteiger partial charge in [-0.25, -0.2) is 0 Å². The van der Waals surface area contributed by atoms with Gasteiger partial charge in [-0.2, -0.15) is 5.26 Å². The molecule has 8 nitrogen and oxygen atoms in total. The van der Waals surface area contributed by atoms with Gasteiger partial charge >= 0.3 is 0 Å². The largest absolute Gasteiger partial charge is 0.493 e. The average Bonchev–Trinajstić information content (AvgIpc) is 2.99. The van der Waals surface area contributed by atoms with Crippen molar-refractivity contribution in [2.45, 2.75) is 20.1 Å². The summed E-state index contributed by atoms with van der Waals surface area (Å²) in [5.41, 5.74) is 3.59. The predicted molar refractivity (Wildman–Crippen MR) is 152 cm³/mol. The number of nitro benzene ring substituents is 1. The highest BCUT2D eigenvalue weighted by molar-refractivity contribution is 5.90. The molecule has 0 saturated carbocycles. The molecular formula is C32H28N2O6. The van der Waals surface area contributed by atoms with E-state index in [1.54, 1.807) is 37.5 Å². The summed E-state index contributed by atoms with van der Waals surface area (Å²) in [4.78, 5) is 10.4. The van der Waals surface area contributed by atoms with Gasteiger partial charge in [-0.05, 0) is 71.7 Å². The molecule has 0 fully saturated rings. The Morgan fingerprint density at radius 1 is 0.825 bits per heavy atom. The molecule has 0 aromatic heterocycles. The van der Waals surface area contributed by atoms with E-state index in [4.69, 9.17) is 18.9 Å². The standard InChI is InChI=1S/C32H28N2O6/c1-3-38-32-19-25(10-16-30(32)39-21-23-7-5-4-6-8-23)22-40-29-15-9-24(18-31(29)37-2)17-27(20-33)26-11-13-28(14-12-26)34(35)36/h4-19H,3,21-22H2,1-2H3/b27-17+. The first-order chi connectivity index (χ1) is 19.5. The fourth-order valence-corrected chi connectivity index (χ4v) is 3.93. The molecule has 0 radical (unpaired) electrons. The van der Waals surface area contributed by atoms with E-state index in [1.165, 1.54) is 12.1 Å².